The monoisotopic (exact) mass is 455 g/mol. The molecule has 2 heterocycles. The quantitative estimate of drug-likeness (QED) is 0.482. The number of nitrogens with zero attached hydrogens (tertiary/aromatic N) is 2. The van der Waals surface area contributed by atoms with Gasteiger partial charge in [-0.05, 0) is 69.5 Å². The first kappa shape index (κ1) is 20.0. The number of imidazole rings is 1. The van der Waals surface area contributed by atoms with Crippen molar-refractivity contribution in [2.24, 2.45) is 0 Å². The lowest BCUT2D eigenvalue weighted by molar-refractivity contribution is 0.0152. The zero-order valence-electron chi connectivity index (χ0n) is 17.2. The molecule has 1 N–H and O–H groups in total. The van der Waals surface area contributed by atoms with Crippen molar-refractivity contribution in [2.75, 3.05) is 0 Å². The third-order valence-corrected chi connectivity index (χ3v) is 5.79. The molecule has 1 aliphatic rings. The Kier molecular flexibility index (Phi) is 5.15. The Morgan fingerprint density at radius 1 is 1.17 bits per heavy atom. The molecule has 6 heteroatoms. The van der Waals surface area contributed by atoms with Crippen molar-refractivity contribution in [3.63, 3.8) is 0 Å². The van der Waals surface area contributed by atoms with E-state index < -0.39 is 5.60 Å². The SMILES string of the molecule is CC1CC[C@@H](c2ncc(-c3ccc4cc(Br)ccc4c3)[nH]2)N1C(=O)OC(C)(C)C. The molecule has 0 radical (unpaired) electrons. The van der Waals surface area contributed by atoms with E-state index in [0.29, 0.717) is 0 Å². The van der Waals surface area contributed by atoms with Gasteiger partial charge in [0.2, 0.25) is 0 Å². The van der Waals surface area contributed by atoms with Crippen LogP contribution in [0.4, 0.5) is 4.79 Å². The van der Waals surface area contributed by atoms with Gasteiger partial charge in [0.25, 0.3) is 0 Å². The highest BCUT2D eigenvalue weighted by atomic mass is 79.9. The van der Waals surface area contributed by atoms with Crippen LogP contribution in [0.2, 0.25) is 0 Å². The number of benzene rings is 2. The van der Waals surface area contributed by atoms with E-state index >= 15 is 0 Å². The third-order valence-electron chi connectivity index (χ3n) is 5.30. The average molecular weight is 456 g/mol. The lowest BCUT2D eigenvalue weighted by Gasteiger charge is -2.30. The summed E-state index contributed by atoms with van der Waals surface area (Å²) < 4.78 is 6.70. The molecular weight excluding hydrogens is 430 g/mol. The number of aromatic nitrogens is 2. The fourth-order valence-corrected chi connectivity index (χ4v) is 4.29. The molecule has 1 saturated heterocycles. The number of likely N-dealkylation sites (tertiary alicyclic amines) is 1. The topological polar surface area (TPSA) is 58.2 Å². The van der Waals surface area contributed by atoms with E-state index in [9.17, 15) is 4.79 Å². The second kappa shape index (κ2) is 7.48. The van der Waals surface area contributed by atoms with Crippen molar-refractivity contribution >= 4 is 32.8 Å². The Bertz CT molecular complexity index is 1050. The van der Waals surface area contributed by atoms with Crippen LogP contribution in [-0.2, 0) is 4.74 Å². The fourth-order valence-electron chi connectivity index (χ4n) is 3.91. The van der Waals surface area contributed by atoms with Gasteiger partial charge in [-0.3, -0.25) is 4.90 Å². The van der Waals surface area contributed by atoms with E-state index in [0.717, 1.165) is 34.4 Å². The molecule has 1 fully saturated rings. The number of carbonyl (C=O) groups is 1. The largest absolute Gasteiger partial charge is 0.444 e. The Hall–Kier alpha value is -2.34. The Morgan fingerprint density at radius 3 is 2.66 bits per heavy atom. The molecule has 5 nitrogen and oxygen atoms in total. The molecule has 2 atom stereocenters. The van der Waals surface area contributed by atoms with Crippen LogP contribution >= 0.6 is 15.9 Å². The van der Waals surface area contributed by atoms with Crippen LogP contribution in [0.25, 0.3) is 22.0 Å². The van der Waals surface area contributed by atoms with Gasteiger partial charge in [-0.15, -0.1) is 0 Å². The van der Waals surface area contributed by atoms with Crippen molar-refractivity contribution in [2.45, 2.75) is 58.2 Å². The van der Waals surface area contributed by atoms with Gasteiger partial charge >= 0.3 is 6.09 Å². The van der Waals surface area contributed by atoms with Crippen molar-refractivity contribution in [3.05, 3.63) is 52.9 Å². The minimum atomic E-state index is -0.516. The Morgan fingerprint density at radius 2 is 1.90 bits per heavy atom. The summed E-state index contributed by atoms with van der Waals surface area (Å²) in [5, 5.41) is 2.36. The normalized spacial score (nSPS) is 19.7. The van der Waals surface area contributed by atoms with E-state index in [1.807, 2.05) is 37.9 Å². The van der Waals surface area contributed by atoms with Crippen LogP contribution in [0.5, 0.6) is 0 Å². The first-order valence-corrected chi connectivity index (χ1v) is 10.8. The van der Waals surface area contributed by atoms with Gasteiger partial charge in [-0.1, -0.05) is 34.1 Å². The standard InChI is InChI=1S/C23H26BrN3O2/c1-14-5-10-20(27(14)22(28)29-23(2,3)4)21-25-13-19(26-21)17-7-6-16-12-18(24)9-8-15(16)11-17/h6-9,11-14,20H,5,10H2,1-4H3,(H,25,26)/t14?,20-/m0/s1. The maximum absolute atomic E-state index is 12.8. The van der Waals surface area contributed by atoms with Crippen LogP contribution in [0, 0.1) is 0 Å². The van der Waals surface area contributed by atoms with Crippen molar-refractivity contribution in [3.8, 4) is 11.3 Å². The van der Waals surface area contributed by atoms with E-state index in [1.54, 1.807) is 0 Å². The maximum atomic E-state index is 12.8. The highest BCUT2D eigenvalue weighted by molar-refractivity contribution is 9.10. The third kappa shape index (κ3) is 4.17. The highest BCUT2D eigenvalue weighted by Gasteiger charge is 2.39. The summed E-state index contributed by atoms with van der Waals surface area (Å²) in [6.45, 7) is 7.74. The summed E-state index contributed by atoms with van der Waals surface area (Å²) in [5.41, 5.74) is 1.51. The second-order valence-electron chi connectivity index (χ2n) is 8.72. The molecule has 1 aliphatic heterocycles. The number of hydrogen-bond donors (Lipinski definition) is 1. The number of aromatic amines is 1. The minimum absolute atomic E-state index is 0.0926. The Balaban J connectivity index is 1.61. The number of ether oxygens (including phenoxy) is 1. The van der Waals surface area contributed by atoms with Gasteiger partial charge in [0.05, 0.1) is 17.9 Å². The molecule has 4 rings (SSSR count). The smallest absolute Gasteiger partial charge is 0.411 e. The first-order valence-electron chi connectivity index (χ1n) is 9.97. The number of rotatable bonds is 2. The predicted molar refractivity (Wildman–Crippen MR) is 119 cm³/mol. The molecule has 152 valence electrons. The summed E-state index contributed by atoms with van der Waals surface area (Å²) in [7, 11) is 0. The predicted octanol–water partition coefficient (Wildman–Crippen LogP) is 6.45. The molecule has 2 aromatic carbocycles. The molecule has 0 aliphatic carbocycles. The number of fused-ring (bicyclic) bond motifs is 1. The van der Waals surface area contributed by atoms with Crippen LogP contribution in [-0.4, -0.2) is 32.6 Å². The van der Waals surface area contributed by atoms with Crippen molar-refractivity contribution in [1.82, 2.24) is 14.9 Å². The van der Waals surface area contributed by atoms with Crippen LogP contribution in [0.15, 0.2) is 47.1 Å². The zero-order chi connectivity index (χ0) is 20.8. The molecule has 1 amide bonds. The van der Waals surface area contributed by atoms with Crippen LogP contribution in [0.3, 0.4) is 0 Å². The van der Waals surface area contributed by atoms with E-state index in [1.165, 1.54) is 10.8 Å². The molecule has 0 bridgehead atoms. The lowest BCUT2D eigenvalue weighted by atomic mass is 10.1. The number of amides is 1. The molecule has 1 unspecified atom stereocenters. The summed E-state index contributed by atoms with van der Waals surface area (Å²) in [6, 6.07) is 12.6. The lowest BCUT2D eigenvalue weighted by Crippen LogP contribution is -2.40. The number of hydrogen-bond acceptors (Lipinski definition) is 3. The van der Waals surface area contributed by atoms with E-state index in [2.05, 4.69) is 63.2 Å². The summed E-state index contributed by atoms with van der Waals surface area (Å²) in [4.78, 5) is 22.7. The maximum Gasteiger partial charge on any atom is 0.411 e. The van der Waals surface area contributed by atoms with Gasteiger partial charge in [-0.2, -0.15) is 0 Å². The highest BCUT2D eigenvalue weighted by Crippen LogP contribution is 2.37. The van der Waals surface area contributed by atoms with Gasteiger partial charge in [0, 0.05) is 16.1 Å². The van der Waals surface area contributed by atoms with Crippen LogP contribution in [0.1, 0.15) is 52.4 Å². The van der Waals surface area contributed by atoms with Crippen molar-refractivity contribution in [1.29, 1.82) is 0 Å². The molecule has 3 aromatic rings. The average Bonchev–Trinajstić information content (AvgIpc) is 3.26. The zero-order valence-corrected chi connectivity index (χ0v) is 18.8. The fraction of sp³-hybridized carbons (Fsp3) is 0.391. The minimum Gasteiger partial charge on any atom is -0.444 e. The van der Waals surface area contributed by atoms with Gasteiger partial charge in [-0.25, -0.2) is 9.78 Å². The van der Waals surface area contributed by atoms with E-state index in [-0.39, 0.29) is 18.2 Å². The number of nitrogens with one attached hydrogen (secondary N) is 1. The molecule has 0 saturated carbocycles. The van der Waals surface area contributed by atoms with Gasteiger partial charge in [0.15, 0.2) is 0 Å². The summed E-state index contributed by atoms with van der Waals surface area (Å²) >= 11 is 3.52. The van der Waals surface area contributed by atoms with Crippen molar-refractivity contribution < 1.29 is 9.53 Å². The number of carbonyl (C=O) groups excluding carboxylic acids is 1. The number of H-pyrrole nitrogens is 1. The summed E-state index contributed by atoms with van der Waals surface area (Å²) in [5.74, 6) is 0.811. The second-order valence-corrected chi connectivity index (χ2v) is 9.63. The van der Waals surface area contributed by atoms with Gasteiger partial charge < -0.3 is 9.72 Å². The number of halogens is 1. The first-order chi connectivity index (χ1) is 13.7. The molecule has 29 heavy (non-hydrogen) atoms. The van der Waals surface area contributed by atoms with E-state index in [4.69, 9.17) is 4.74 Å². The van der Waals surface area contributed by atoms with Gasteiger partial charge in [0.1, 0.15) is 11.4 Å². The molecule has 1 aromatic heterocycles. The molecule has 0 spiro atoms. The Labute approximate surface area is 179 Å². The van der Waals surface area contributed by atoms with Crippen LogP contribution < -0.4 is 0 Å². The summed E-state index contributed by atoms with van der Waals surface area (Å²) in [6.07, 6.45) is 3.39. The molecular formula is C23H26BrN3O2.